The third-order valence-corrected chi connectivity index (χ3v) is 11.5. The summed E-state index contributed by atoms with van der Waals surface area (Å²) in [6, 6.07) is 7.56. The molecular weight excluding hydrogens is 456 g/mol. The number of aromatic carboxylic acids is 1. The van der Waals surface area contributed by atoms with Crippen molar-refractivity contribution in [3.8, 4) is 0 Å². The van der Waals surface area contributed by atoms with Gasteiger partial charge >= 0.3 is 5.97 Å². The summed E-state index contributed by atoms with van der Waals surface area (Å²) in [5.41, 5.74) is 4.49. The second kappa shape index (κ2) is 10.0. The number of fused-ring (bicyclic) bond motifs is 4. The van der Waals surface area contributed by atoms with E-state index < -0.39 is 5.97 Å². The fourth-order valence-corrected chi connectivity index (χ4v) is 9.57. The zero-order valence-electron chi connectivity index (χ0n) is 23.8. The lowest BCUT2D eigenvalue weighted by molar-refractivity contribution is -0.123. The zero-order chi connectivity index (χ0) is 26.5. The van der Waals surface area contributed by atoms with Gasteiger partial charge in [-0.15, -0.1) is 0 Å². The third kappa shape index (κ3) is 4.63. The van der Waals surface area contributed by atoms with Crippen molar-refractivity contribution in [2.45, 2.75) is 111 Å². The Hall–Kier alpha value is -1.90. The van der Waals surface area contributed by atoms with Gasteiger partial charge in [0.25, 0.3) is 0 Å². The molecule has 0 amide bonds. The van der Waals surface area contributed by atoms with Crippen molar-refractivity contribution < 1.29 is 14.7 Å². The summed E-state index contributed by atoms with van der Waals surface area (Å²) in [6.07, 6.45) is 12.7. The Morgan fingerprint density at radius 3 is 2.59 bits per heavy atom. The molecule has 0 aliphatic heterocycles. The van der Waals surface area contributed by atoms with Crippen LogP contribution in [-0.2, 0) is 4.79 Å². The summed E-state index contributed by atoms with van der Waals surface area (Å²) >= 11 is 0. The van der Waals surface area contributed by atoms with Crippen molar-refractivity contribution >= 4 is 11.8 Å². The van der Waals surface area contributed by atoms with Crippen LogP contribution in [-0.4, -0.2) is 16.9 Å². The second-order valence-electron chi connectivity index (χ2n) is 14.1. The van der Waals surface area contributed by atoms with Crippen LogP contribution >= 0.6 is 0 Å². The van der Waals surface area contributed by atoms with Crippen LogP contribution in [0.15, 0.2) is 35.4 Å². The van der Waals surface area contributed by atoms with Crippen LogP contribution in [0, 0.1) is 40.4 Å². The highest BCUT2D eigenvalue weighted by Gasteiger charge is 2.58. The van der Waals surface area contributed by atoms with Gasteiger partial charge in [0.15, 0.2) is 5.78 Å². The van der Waals surface area contributed by atoms with Gasteiger partial charge in [-0.2, -0.15) is 0 Å². The first-order valence-corrected chi connectivity index (χ1v) is 15.1. The topological polar surface area (TPSA) is 54.4 Å². The average Bonchev–Trinajstić information content (AvgIpc) is 3.19. The van der Waals surface area contributed by atoms with Crippen molar-refractivity contribution in [1.82, 2.24) is 0 Å². The molecule has 2 saturated carbocycles. The maximum Gasteiger partial charge on any atom is 0.335 e. The highest BCUT2D eigenvalue weighted by molar-refractivity contribution is 5.99. The highest BCUT2D eigenvalue weighted by Crippen LogP contribution is 2.65. The van der Waals surface area contributed by atoms with E-state index in [1.807, 2.05) is 12.1 Å². The Morgan fingerprint density at radius 1 is 1.08 bits per heavy atom. The van der Waals surface area contributed by atoms with Crippen LogP contribution < -0.4 is 0 Å². The summed E-state index contributed by atoms with van der Waals surface area (Å²) in [4.78, 5) is 25.6. The van der Waals surface area contributed by atoms with E-state index in [2.05, 4.69) is 40.7 Å². The summed E-state index contributed by atoms with van der Waals surface area (Å²) in [5, 5.41) is 9.46. The van der Waals surface area contributed by atoms with Crippen molar-refractivity contribution in [1.29, 1.82) is 0 Å². The molecule has 0 aromatic heterocycles. The minimum Gasteiger partial charge on any atom is -0.478 e. The van der Waals surface area contributed by atoms with E-state index in [1.54, 1.807) is 11.6 Å². The van der Waals surface area contributed by atoms with Crippen LogP contribution in [0.3, 0.4) is 0 Å². The first kappa shape index (κ1) is 26.7. The summed E-state index contributed by atoms with van der Waals surface area (Å²) in [7, 11) is 0. The quantitative estimate of drug-likeness (QED) is 0.403. The van der Waals surface area contributed by atoms with Gasteiger partial charge in [0.1, 0.15) is 0 Å². The van der Waals surface area contributed by atoms with E-state index in [1.165, 1.54) is 44.1 Å². The highest BCUT2D eigenvalue weighted by atomic mass is 16.4. The molecule has 1 N–H and O–H groups in total. The van der Waals surface area contributed by atoms with Gasteiger partial charge < -0.3 is 5.11 Å². The van der Waals surface area contributed by atoms with Crippen molar-refractivity contribution in [3.05, 3.63) is 46.5 Å². The van der Waals surface area contributed by atoms with Crippen LogP contribution in [0.2, 0.25) is 0 Å². The number of benzene rings is 1. The Labute approximate surface area is 224 Å². The molecule has 0 saturated heterocycles. The third-order valence-electron chi connectivity index (χ3n) is 11.5. The predicted octanol–water partition coefficient (Wildman–Crippen LogP) is 8.83. The molecule has 1 aromatic rings. The van der Waals surface area contributed by atoms with Gasteiger partial charge in [-0.1, -0.05) is 71.6 Å². The lowest BCUT2D eigenvalue weighted by Crippen LogP contribution is -2.48. The second-order valence-corrected chi connectivity index (χ2v) is 14.1. The number of ketones is 1. The monoisotopic (exact) mass is 504 g/mol. The lowest BCUT2D eigenvalue weighted by Gasteiger charge is -2.54. The zero-order valence-corrected chi connectivity index (χ0v) is 23.8. The molecule has 3 heteroatoms. The van der Waals surface area contributed by atoms with Crippen molar-refractivity contribution in [2.24, 2.45) is 40.4 Å². The molecule has 0 heterocycles. The Morgan fingerprint density at radius 2 is 1.86 bits per heavy atom. The number of carboxylic acids is 1. The first-order chi connectivity index (χ1) is 17.5. The van der Waals surface area contributed by atoms with E-state index >= 15 is 0 Å². The van der Waals surface area contributed by atoms with Gasteiger partial charge in [-0.25, -0.2) is 4.79 Å². The molecule has 1 aromatic carbocycles. The normalized spacial score (nSPS) is 36.2. The number of allylic oxidation sites excluding steroid dienone is 2. The number of carbonyl (C=O) groups excluding carboxylic acids is 1. The average molecular weight is 505 g/mol. The van der Waals surface area contributed by atoms with Crippen LogP contribution in [0.4, 0.5) is 0 Å². The fraction of sp³-hybridized carbons (Fsp3) is 0.706. The molecule has 3 unspecified atom stereocenters. The lowest BCUT2D eigenvalue weighted by atomic mass is 9.49. The minimum atomic E-state index is -0.852. The molecule has 4 aliphatic rings. The number of carboxylic acid groups (broad SMARTS) is 1. The molecule has 2 fully saturated rings. The standard InChI is InChI=1S/C34H48O3/c1-21(2)8-6-9-22(3)28-14-15-29-27-13-12-26-19-24(23-10-7-11-25(18-23)32(36)37)16-17-33(26,4)31(27)30(35)20-34(28,29)5/h7,10-11,18,21-22,24,26,28-29H,6,8-9,12-17,19-20H2,1-5H3,(H,36,37)/t22-,24?,26?,28-,29?,33+,34-/m1/s1. The number of hydrogen-bond acceptors (Lipinski definition) is 2. The summed E-state index contributed by atoms with van der Waals surface area (Å²) < 4.78 is 0. The van der Waals surface area contributed by atoms with Crippen LogP contribution in [0.25, 0.3) is 0 Å². The Kier molecular flexibility index (Phi) is 7.22. The molecule has 37 heavy (non-hydrogen) atoms. The maximum atomic E-state index is 14.1. The van der Waals surface area contributed by atoms with Crippen LogP contribution in [0.1, 0.15) is 127 Å². The van der Waals surface area contributed by atoms with Gasteiger partial charge in [0.2, 0.25) is 0 Å². The molecule has 0 bridgehead atoms. The Bertz CT molecular complexity index is 1080. The molecular formula is C34H48O3. The number of rotatable bonds is 7. The predicted molar refractivity (Wildman–Crippen MR) is 150 cm³/mol. The molecule has 7 atom stereocenters. The molecule has 3 nitrogen and oxygen atoms in total. The fourth-order valence-electron chi connectivity index (χ4n) is 9.57. The van der Waals surface area contributed by atoms with Crippen molar-refractivity contribution in [2.75, 3.05) is 0 Å². The summed E-state index contributed by atoms with van der Waals surface area (Å²) in [5.74, 6) is 3.27. The number of carbonyl (C=O) groups is 2. The van der Waals surface area contributed by atoms with E-state index in [9.17, 15) is 14.7 Å². The largest absolute Gasteiger partial charge is 0.478 e. The molecule has 4 aliphatic carbocycles. The minimum absolute atomic E-state index is 0.00608. The molecule has 202 valence electrons. The van der Waals surface area contributed by atoms with Crippen molar-refractivity contribution in [3.63, 3.8) is 0 Å². The maximum absolute atomic E-state index is 14.1. The van der Waals surface area contributed by atoms with E-state index in [4.69, 9.17) is 0 Å². The van der Waals surface area contributed by atoms with E-state index in [0.29, 0.717) is 40.9 Å². The van der Waals surface area contributed by atoms with E-state index in [0.717, 1.165) is 43.6 Å². The summed E-state index contributed by atoms with van der Waals surface area (Å²) in [6.45, 7) is 12.0. The smallest absolute Gasteiger partial charge is 0.335 e. The molecule has 0 spiro atoms. The number of Topliss-reactive ketones (excluding diaryl/α,β-unsaturated/α-hetero) is 1. The first-order valence-electron chi connectivity index (χ1n) is 15.1. The number of hydrogen-bond donors (Lipinski definition) is 1. The SMILES string of the molecule is CC(C)CCC[C@@H](C)[C@H]1CCC2C3=C(C(=O)C[C@@]21C)[C@@]1(C)CCC(c2cccc(C(=O)O)c2)CC1CC3. The van der Waals surface area contributed by atoms with Crippen LogP contribution in [0.5, 0.6) is 0 Å². The van der Waals surface area contributed by atoms with Gasteiger partial charge in [-0.3, -0.25) is 4.79 Å². The van der Waals surface area contributed by atoms with Gasteiger partial charge in [-0.05, 0) is 109 Å². The van der Waals surface area contributed by atoms with Gasteiger partial charge in [0.05, 0.1) is 5.56 Å². The molecule has 5 rings (SSSR count). The molecule has 0 radical (unpaired) electrons. The Balaban J connectivity index is 1.36. The van der Waals surface area contributed by atoms with E-state index in [-0.39, 0.29) is 10.8 Å². The van der Waals surface area contributed by atoms with Gasteiger partial charge in [0, 0.05) is 12.0 Å².